The second kappa shape index (κ2) is 5.26. The third-order valence-electron chi connectivity index (χ3n) is 1.97. The number of urea groups is 1. The monoisotopic (exact) mass is 198 g/mol. The lowest BCUT2D eigenvalue weighted by molar-refractivity contribution is -0.136. The molecule has 0 unspecified atom stereocenters. The highest BCUT2D eigenvalue weighted by Crippen LogP contribution is 2.08. The van der Waals surface area contributed by atoms with Crippen LogP contribution >= 0.6 is 0 Å². The number of carboxylic acids is 1. The van der Waals surface area contributed by atoms with E-state index in [-0.39, 0.29) is 25.0 Å². The highest BCUT2D eigenvalue weighted by Gasteiger charge is 2.12. The van der Waals surface area contributed by atoms with Gasteiger partial charge in [-0.2, -0.15) is 0 Å². The molecule has 0 saturated heterocycles. The molecule has 14 heavy (non-hydrogen) atoms. The molecule has 0 aliphatic heterocycles. The van der Waals surface area contributed by atoms with Crippen molar-refractivity contribution in [1.29, 1.82) is 0 Å². The average molecular weight is 198 g/mol. The van der Waals surface area contributed by atoms with E-state index in [1.165, 1.54) is 0 Å². The second-order valence-electron chi connectivity index (χ2n) is 3.18. The minimum absolute atomic E-state index is 0.0453. The number of carbonyl (C=O) groups excluding carboxylic acids is 1. The Morgan fingerprint density at radius 2 is 2.00 bits per heavy atom. The van der Waals surface area contributed by atoms with Gasteiger partial charge in [0.1, 0.15) is 0 Å². The Morgan fingerprint density at radius 3 is 2.57 bits per heavy atom. The van der Waals surface area contributed by atoms with Crippen molar-refractivity contribution in [1.82, 2.24) is 10.6 Å². The van der Waals surface area contributed by atoms with Crippen LogP contribution in [-0.2, 0) is 4.79 Å². The fourth-order valence-electron chi connectivity index (χ4n) is 1.25. The zero-order valence-corrected chi connectivity index (χ0v) is 7.82. The van der Waals surface area contributed by atoms with Crippen LogP contribution in [0.4, 0.5) is 4.79 Å². The van der Waals surface area contributed by atoms with E-state index < -0.39 is 5.97 Å². The molecule has 2 amide bonds. The molecule has 0 aromatic rings. The summed E-state index contributed by atoms with van der Waals surface area (Å²) in [7, 11) is 0. The quantitative estimate of drug-likeness (QED) is 0.575. The number of amides is 2. The molecule has 0 fully saturated rings. The summed E-state index contributed by atoms with van der Waals surface area (Å²) < 4.78 is 0. The third-order valence-corrected chi connectivity index (χ3v) is 1.97. The number of nitrogens with one attached hydrogen (secondary N) is 2. The minimum atomic E-state index is -0.909. The Hall–Kier alpha value is -1.52. The van der Waals surface area contributed by atoms with Crippen molar-refractivity contribution in [3.8, 4) is 0 Å². The van der Waals surface area contributed by atoms with E-state index in [9.17, 15) is 9.59 Å². The van der Waals surface area contributed by atoms with Crippen LogP contribution in [0.1, 0.15) is 19.3 Å². The van der Waals surface area contributed by atoms with Gasteiger partial charge in [0.2, 0.25) is 0 Å². The number of carboxylic acid groups (broad SMARTS) is 1. The third kappa shape index (κ3) is 3.93. The van der Waals surface area contributed by atoms with Crippen molar-refractivity contribution in [3.05, 3.63) is 12.2 Å². The molecule has 5 heteroatoms. The maximum absolute atomic E-state index is 11.1. The van der Waals surface area contributed by atoms with Gasteiger partial charge >= 0.3 is 12.0 Å². The van der Waals surface area contributed by atoms with Gasteiger partial charge in [-0.3, -0.25) is 4.79 Å². The van der Waals surface area contributed by atoms with Gasteiger partial charge in [0.15, 0.2) is 0 Å². The van der Waals surface area contributed by atoms with Gasteiger partial charge < -0.3 is 15.7 Å². The normalized spacial score (nSPS) is 15.4. The topological polar surface area (TPSA) is 78.4 Å². The van der Waals surface area contributed by atoms with Gasteiger partial charge in [-0.1, -0.05) is 12.2 Å². The standard InChI is InChI=1S/C9H14N2O3/c12-8(13)5-6-10-9(14)11-7-3-1-2-4-7/h1-2,7H,3-6H2,(H,12,13)(H2,10,11,14). The molecular weight excluding hydrogens is 184 g/mol. The summed E-state index contributed by atoms with van der Waals surface area (Å²) in [6.07, 6.45) is 5.69. The molecule has 1 rings (SSSR count). The van der Waals surface area contributed by atoms with Gasteiger partial charge in [-0.05, 0) is 12.8 Å². The van der Waals surface area contributed by atoms with Crippen LogP contribution in [0.3, 0.4) is 0 Å². The van der Waals surface area contributed by atoms with Crippen molar-refractivity contribution in [2.45, 2.75) is 25.3 Å². The van der Waals surface area contributed by atoms with Crippen molar-refractivity contribution in [3.63, 3.8) is 0 Å². The predicted molar refractivity (Wildman–Crippen MR) is 50.9 cm³/mol. The summed E-state index contributed by atoms with van der Waals surface area (Å²) >= 11 is 0. The van der Waals surface area contributed by atoms with Gasteiger partial charge in [-0.25, -0.2) is 4.79 Å². The summed E-state index contributed by atoms with van der Waals surface area (Å²) in [5.41, 5.74) is 0. The van der Waals surface area contributed by atoms with Gasteiger partial charge in [-0.15, -0.1) is 0 Å². The van der Waals surface area contributed by atoms with E-state index in [1.54, 1.807) is 0 Å². The molecule has 1 aliphatic carbocycles. The predicted octanol–water partition coefficient (Wildman–Crippen LogP) is 0.479. The van der Waals surface area contributed by atoms with Crippen LogP contribution < -0.4 is 10.6 Å². The number of aliphatic carboxylic acids is 1. The van der Waals surface area contributed by atoms with Gasteiger partial charge in [0, 0.05) is 12.6 Å². The van der Waals surface area contributed by atoms with E-state index in [0.29, 0.717) is 0 Å². The Labute approximate surface area is 82.2 Å². The number of carbonyl (C=O) groups is 2. The Bertz CT molecular complexity index is 242. The van der Waals surface area contributed by atoms with Crippen LogP contribution in [0.15, 0.2) is 12.2 Å². The van der Waals surface area contributed by atoms with E-state index >= 15 is 0 Å². The number of rotatable bonds is 4. The molecule has 3 N–H and O–H groups in total. The maximum Gasteiger partial charge on any atom is 0.315 e. The van der Waals surface area contributed by atoms with Crippen LogP contribution in [0.25, 0.3) is 0 Å². The van der Waals surface area contributed by atoms with E-state index in [1.807, 2.05) is 12.2 Å². The molecule has 5 nitrogen and oxygen atoms in total. The first-order valence-electron chi connectivity index (χ1n) is 4.59. The smallest absolute Gasteiger partial charge is 0.315 e. The van der Waals surface area contributed by atoms with Gasteiger partial charge in [0.25, 0.3) is 0 Å². The summed E-state index contributed by atoms with van der Waals surface area (Å²) in [5, 5.41) is 13.6. The van der Waals surface area contributed by atoms with Crippen LogP contribution in [0.2, 0.25) is 0 Å². The Balaban J connectivity index is 2.07. The fraction of sp³-hybridized carbons (Fsp3) is 0.556. The Morgan fingerprint density at radius 1 is 1.36 bits per heavy atom. The van der Waals surface area contributed by atoms with Crippen molar-refractivity contribution in [2.75, 3.05) is 6.54 Å². The lowest BCUT2D eigenvalue weighted by Gasteiger charge is -2.12. The molecular formula is C9H14N2O3. The molecule has 1 aliphatic rings. The summed E-state index contributed by atoms with van der Waals surface area (Å²) in [5.74, 6) is -0.909. The molecule has 0 heterocycles. The molecule has 0 atom stereocenters. The molecule has 78 valence electrons. The van der Waals surface area contributed by atoms with Crippen LogP contribution in [0, 0.1) is 0 Å². The minimum Gasteiger partial charge on any atom is -0.481 e. The number of hydrogen-bond donors (Lipinski definition) is 3. The molecule has 0 radical (unpaired) electrons. The fourth-order valence-corrected chi connectivity index (χ4v) is 1.25. The molecule has 0 bridgehead atoms. The molecule has 0 aromatic carbocycles. The zero-order valence-electron chi connectivity index (χ0n) is 7.82. The molecule has 0 aromatic heterocycles. The van der Waals surface area contributed by atoms with E-state index in [4.69, 9.17) is 5.11 Å². The zero-order chi connectivity index (χ0) is 10.4. The SMILES string of the molecule is O=C(O)CCNC(=O)NC1CC=CC1. The lowest BCUT2D eigenvalue weighted by atomic mass is 10.2. The summed E-state index contributed by atoms with van der Waals surface area (Å²) in [6.45, 7) is 0.168. The highest BCUT2D eigenvalue weighted by molar-refractivity contribution is 5.75. The van der Waals surface area contributed by atoms with Gasteiger partial charge in [0.05, 0.1) is 6.42 Å². The maximum atomic E-state index is 11.1. The largest absolute Gasteiger partial charge is 0.481 e. The van der Waals surface area contributed by atoms with Crippen molar-refractivity contribution < 1.29 is 14.7 Å². The second-order valence-corrected chi connectivity index (χ2v) is 3.18. The van der Waals surface area contributed by atoms with Crippen LogP contribution in [-0.4, -0.2) is 29.7 Å². The molecule has 0 saturated carbocycles. The van der Waals surface area contributed by atoms with Crippen LogP contribution in [0.5, 0.6) is 0 Å². The highest BCUT2D eigenvalue weighted by atomic mass is 16.4. The first kappa shape index (κ1) is 10.6. The first-order valence-corrected chi connectivity index (χ1v) is 4.59. The number of hydrogen-bond acceptors (Lipinski definition) is 2. The van der Waals surface area contributed by atoms with E-state index in [0.717, 1.165) is 12.8 Å². The summed E-state index contributed by atoms with van der Waals surface area (Å²) in [6, 6.07) is -0.125. The average Bonchev–Trinajstić information content (AvgIpc) is 2.56. The van der Waals surface area contributed by atoms with E-state index in [2.05, 4.69) is 10.6 Å². The molecule has 0 spiro atoms. The Kier molecular flexibility index (Phi) is 3.97. The first-order chi connectivity index (χ1) is 6.68. The summed E-state index contributed by atoms with van der Waals surface area (Å²) in [4.78, 5) is 21.3. The lowest BCUT2D eigenvalue weighted by Crippen LogP contribution is -2.41. The van der Waals surface area contributed by atoms with Crippen molar-refractivity contribution in [2.24, 2.45) is 0 Å². The van der Waals surface area contributed by atoms with Crippen molar-refractivity contribution >= 4 is 12.0 Å².